The van der Waals surface area contributed by atoms with Crippen LogP contribution in [0.25, 0.3) is 10.8 Å². The molecule has 172 valence electrons. The zero-order valence-corrected chi connectivity index (χ0v) is 18.4. The molecule has 2 aromatic carbocycles. The van der Waals surface area contributed by atoms with E-state index in [0.29, 0.717) is 34.6 Å². The topological polar surface area (TPSA) is 121 Å². The van der Waals surface area contributed by atoms with Crippen LogP contribution >= 0.6 is 0 Å². The molecule has 1 heterocycles. The second-order valence-electron chi connectivity index (χ2n) is 6.98. The molecule has 1 aromatic heterocycles. The van der Waals surface area contributed by atoms with Gasteiger partial charge in [0.1, 0.15) is 11.4 Å². The van der Waals surface area contributed by atoms with Gasteiger partial charge >= 0.3 is 11.9 Å². The number of methoxy groups -OCH3 is 2. The minimum Gasteiger partial charge on any atom is -0.497 e. The zero-order chi connectivity index (χ0) is 24.0. The molecule has 9 heteroatoms. The van der Waals surface area contributed by atoms with Gasteiger partial charge in [-0.25, -0.2) is 4.79 Å². The zero-order valence-electron chi connectivity index (χ0n) is 18.4. The molecule has 0 aliphatic carbocycles. The van der Waals surface area contributed by atoms with E-state index in [1.807, 2.05) is 0 Å². The highest BCUT2D eigenvalue weighted by Crippen LogP contribution is 2.36. The third-order valence-electron chi connectivity index (χ3n) is 4.80. The van der Waals surface area contributed by atoms with Gasteiger partial charge in [-0.2, -0.15) is 0 Å². The molecule has 1 N–H and O–H groups in total. The number of aromatic nitrogens is 1. The Morgan fingerprint density at radius 3 is 2.39 bits per heavy atom. The third kappa shape index (κ3) is 5.38. The molecular formula is C24H23NO8. The normalized spacial score (nSPS) is 10.5. The highest BCUT2D eigenvalue weighted by molar-refractivity contribution is 6.18. The van der Waals surface area contributed by atoms with Crippen LogP contribution in [0.2, 0.25) is 0 Å². The second kappa shape index (κ2) is 10.4. The fourth-order valence-corrected chi connectivity index (χ4v) is 3.23. The predicted molar refractivity (Wildman–Crippen MR) is 118 cm³/mol. The van der Waals surface area contributed by atoms with Gasteiger partial charge in [-0.15, -0.1) is 0 Å². The standard InChI is InChI=1S/C24H23NO8/c1-14(26)32-8-5-9-33-21-11-17-18(12-20(21)31-3)22(25-13-19(17)24(28)29)23(27)15-6-4-7-16(10-15)30-2/h4,6-7,10-13H,5,8-9H2,1-3H3,(H,28,29). The molecule has 33 heavy (non-hydrogen) atoms. The number of benzene rings is 2. The molecule has 0 aliphatic rings. The summed E-state index contributed by atoms with van der Waals surface area (Å²) in [5.74, 6) is -0.869. The quantitative estimate of drug-likeness (QED) is 0.279. The summed E-state index contributed by atoms with van der Waals surface area (Å²) in [6.45, 7) is 1.71. The average molecular weight is 453 g/mol. The van der Waals surface area contributed by atoms with Gasteiger partial charge in [0.15, 0.2) is 11.5 Å². The Balaban J connectivity index is 2.04. The lowest BCUT2D eigenvalue weighted by Gasteiger charge is -2.15. The summed E-state index contributed by atoms with van der Waals surface area (Å²) in [5.41, 5.74) is 0.332. The van der Waals surface area contributed by atoms with Gasteiger partial charge < -0.3 is 24.1 Å². The number of carboxylic acid groups (broad SMARTS) is 1. The van der Waals surface area contributed by atoms with Gasteiger partial charge in [0.25, 0.3) is 0 Å². The Kier molecular flexibility index (Phi) is 7.45. The maximum Gasteiger partial charge on any atom is 0.337 e. The van der Waals surface area contributed by atoms with Crippen molar-refractivity contribution in [2.24, 2.45) is 0 Å². The van der Waals surface area contributed by atoms with Crippen molar-refractivity contribution in [1.29, 1.82) is 0 Å². The molecule has 3 aromatic rings. The third-order valence-corrected chi connectivity index (χ3v) is 4.80. The van der Waals surface area contributed by atoms with Crippen molar-refractivity contribution in [3.63, 3.8) is 0 Å². The monoisotopic (exact) mass is 453 g/mol. The van der Waals surface area contributed by atoms with Crippen molar-refractivity contribution in [3.05, 3.63) is 59.4 Å². The lowest BCUT2D eigenvalue weighted by atomic mass is 9.99. The van der Waals surface area contributed by atoms with E-state index in [2.05, 4.69) is 4.98 Å². The number of nitrogens with zero attached hydrogens (tertiary/aromatic N) is 1. The van der Waals surface area contributed by atoms with Gasteiger partial charge in [0.05, 0.1) is 33.0 Å². The van der Waals surface area contributed by atoms with Crippen molar-refractivity contribution in [1.82, 2.24) is 4.98 Å². The molecule has 0 spiro atoms. The summed E-state index contributed by atoms with van der Waals surface area (Å²) in [7, 11) is 2.93. The van der Waals surface area contributed by atoms with E-state index in [9.17, 15) is 19.5 Å². The van der Waals surface area contributed by atoms with Crippen LogP contribution < -0.4 is 14.2 Å². The van der Waals surface area contributed by atoms with Gasteiger partial charge in [0, 0.05) is 35.9 Å². The molecule has 0 fully saturated rings. The average Bonchev–Trinajstić information content (AvgIpc) is 2.81. The Morgan fingerprint density at radius 2 is 1.73 bits per heavy atom. The molecule has 0 amide bonds. The molecule has 0 atom stereocenters. The summed E-state index contributed by atoms with van der Waals surface area (Å²) >= 11 is 0. The summed E-state index contributed by atoms with van der Waals surface area (Å²) in [5, 5.41) is 10.2. The number of ether oxygens (including phenoxy) is 4. The summed E-state index contributed by atoms with van der Waals surface area (Å²) in [6.07, 6.45) is 1.58. The second-order valence-corrected chi connectivity index (χ2v) is 6.98. The molecule has 0 unspecified atom stereocenters. The SMILES string of the molecule is COc1cccc(C(=O)c2ncc(C(=O)O)c3cc(OCCCOC(C)=O)c(OC)cc23)c1. The van der Waals surface area contributed by atoms with Crippen molar-refractivity contribution >= 4 is 28.5 Å². The lowest BCUT2D eigenvalue weighted by molar-refractivity contribution is -0.141. The number of pyridine rings is 1. The lowest BCUT2D eigenvalue weighted by Crippen LogP contribution is -2.10. The molecule has 0 radical (unpaired) electrons. The van der Waals surface area contributed by atoms with Crippen LogP contribution in [0.3, 0.4) is 0 Å². The largest absolute Gasteiger partial charge is 0.497 e. The Morgan fingerprint density at radius 1 is 0.970 bits per heavy atom. The molecular weight excluding hydrogens is 430 g/mol. The van der Waals surface area contributed by atoms with Crippen LogP contribution in [0.4, 0.5) is 0 Å². The van der Waals surface area contributed by atoms with Crippen LogP contribution in [-0.2, 0) is 9.53 Å². The number of rotatable bonds is 10. The van der Waals surface area contributed by atoms with Gasteiger partial charge in [0.2, 0.25) is 5.78 Å². The van der Waals surface area contributed by atoms with E-state index in [-0.39, 0.29) is 35.8 Å². The smallest absolute Gasteiger partial charge is 0.337 e. The first-order valence-corrected chi connectivity index (χ1v) is 10.0. The summed E-state index contributed by atoms with van der Waals surface area (Å²) in [6, 6.07) is 9.64. The fraction of sp³-hybridized carbons (Fsp3) is 0.250. The Bertz CT molecular complexity index is 1200. The van der Waals surface area contributed by atoms with Gasteiger partial charge in [-0.05, 0) is 24.3 Å². The van der Waals surface area contributed by atoms with E-state index < -0.39 is 11.8 Å². The van der Waals surface area contributed by atoms with Crippen molar-refractivity contribution in [2.45, 2.75) is 13.3 Å². The number of aromatic carboxylic acids is 1. The van der Waals surface area contributed by atoms with E-state index in [1.54, 1.807) is 24.3 Å². The number of carbonyl (C=O) groups excluding carboxylic acids is 2. The molecule has 0 saturated heterocycles. The molecule has 0 aliphatic heterocycles. The van der Waals surface area contributed by atoms with Crippen LogP contribution in [0.15, 0.2) is 42.6 Å². The number of fused-ring (bicyclic) bond motifs is 1. The van der Waals surface area contributed by atoms with E-state index in [4.69, 9.17) is 18.9 Å². The Labute approximate surface area is 189 Å². The maximum atomic E-state index is 13.2. The maximum absolute atomic E-state index is 13.2. The molecule has 3 rings (SSSR count). The van der Waals surface area contributed by atoms with Crippen LogP contribution in [-0.4, -0.2) is 55.2 Å². The van der Waals surface area contributed by atoms with Crippen molar-refractivity contribution < 1.29 is 38.4 Å². The first kappa shape index (κ1) is 23.5. The minimum atomic E-state index is -1.20. The van der Waals surface area contributed by atoms with Gasteiger partial charge in [-0.3, -0.25) is 14.6 Å². The molecule has 0 bridgehead atoms. The first-order chi connectivity index (χ1) is 15.8. The number of hydrogen-bond donors (Lipinski definition) is 1. The number of carboxylic acids is 1. The number of hydrogen-bond acceptors (Lipinski definition) is 8. The first-order valence-electron chi connectivity index (χ1n) is 10.0. The van der Waals surface area contributed by atoms with Crippen LogP contribution in [0, 0.1) is 0 Å². The van der Waals surface area contributed by atoms with E-state index >= 15 is 0 Å². The highest BCUT2D eigenvalue weighted by Gasteiger charge is 2.21. The summed E-state index contributed by atoms with van der Waals surface area (Å²) in [4.78, 5) is 40.1. The molecule has 9 nitrogen and oxygen atoms in total. The number of ketones is 1. The van der Waals surface area contributed by atoms with E-state index in [0.717, 1.165) is 6.20 Å². The van der Waals surface area contributed by atoms with Crippen molar-refractivity contribution in [2.75, 3.05) is 27.4 Å². The van der Waals surface area contributed by atoms with Gasteiger partial charge in [-0.1, -0.05) is 12.1 Å². The minimum absolute atomic E-state index is 0.0722. The van der Waals surface area contributed by atoms with Crippen LogP contribution in [0.1, 0.15) is 39.8 Å². The fourth-order valence-electron chi connectivity index (χ4n) is 3.23. The Hall–Kier alpha value is -4.14. The van der Waals surface area contributed by atoms with Crippen LogP contribution in [0.5, 0.6) is 17.2 Å². The van der Waals surface area contributed by atoms with E-state index in [1.165, 1.54) is 33.3 Å². The highest BCUT2D eigenvalue weighted by atomic mass is 16.5. The predicted octanol–water partition coefficient (Wildman–Crippen LogP) is 3.51. The van der Waals surface area contributed by atoms with Crippen molar-refractivity contribution in [3.8, 4) is 17.2 Å². The number of esters is 1. The summed E-state index contributed by atoms with van der Waals surface area (Å²) < 4.78 is 21.2. The number of carbonyl (C=O) groups is 3. The molecule has 0 saturated carbocycles.